The summed E-state index contributed by atoms with van der Waals surface area (Å²) in [5, 5.41) is 0.608. The third-order valence-electron chi connectivity index (χ3n) is 11.2. The van der Waals surface area contributed by atoms with Crippen LogP contribution in [0.15, 0.2) is 96.7 Å². The van der Waals surface area contributed by atoms with E-state index < -0.39 is 17.8 Å². The van der Waals surface area contributed by atoms with Crippen molar-refractivity contribution in [3.8, 4) is 0 Å². The molecule has 10 nitrogen and oxygen atoms in total. The molecule has 3 aromatic carbocycles. The third-order valence-corrected chi connectivity index (χ3v) is 11.2. The normalized spacial score (nSPS) is 19.1. The second kappa shape index (κ2) is 14.6. The smallest absolute Gasteiger partial charge is 0.333 e. The van der Waals surface area contributed by atoms with E-state index in [0.29, 0.717) is 42.1 Å². The van der Waals surface area contributed by atoms with Gasteiger partial charge in [-0.1, -0.05) is 74.9 Å². The van der Waals surface area contributed by atoms with Crippen LogP contribution in [0.3, 0.4) is 0 Å². The Morgan fingerprint density at radius 1 is 0.722 bits per heavy atom. The van der Waals surface area contributed by atoms with Crippen molar-refractivity contribution in [1.82, 2.24) is 9.96 Å². The number of benzene rings is 3. The van der Waals surface area contributed by atoms with Crippen LogP contribution in [0.1, 0.15) is 104 Å². The monoisotopic (exact) mass is 727 g/mol. The summed E-state index contributed by atoms with van der Waals surface area (Å²) >= 11 is 0. The van der Waals surface area contributed by atoms with Gasteiger partial charge in [0.15, 0.2) is 12.3 Å². The Labute approximate surface area is 316 Å². The highest BCUT2D eigenvalue weighted by molar-refractivity contribution is 6.21. The molecule has 4 aliphatic rings. The molecule has 0 atom stereocenters. The highest BCUT2D eigenvalue weighted by Crippen LogP contribution is 2.48. The maximum Gasteiger partial charge on any atom is 0.333 e. The van der Waals surface area contributed by atoms with E-state index in [0.717, 1.165) is 30.8 Å². The second-order valence-corrected chi connectivity index (χ2v) is 15.4. The first-order chi connectivity index (χ1) is 25.9. The number of para-hydroxylation sites is 2. The minimum absolute atomic E-state index is 0.0784. The average Bonchev–Trinajstić information content (AvgIpc) is 3.76. The van der Waals surface area contributed by atoms with Gasteiger partial charge in [-0.2, -0.15) is 4.58 Å². The molecule has 10 heteroatoms. The van der Waals surface area contributed by atoms with Crippen LogP contribution in [-0.2, 0) is 30.1 Å². The number of hydrogen-bond acceptors (Lipinski definition) is 7. The quantitative estimate of drug-likeness (QED) is 0.105. The maximum atomic E-state index is 13.1. The van der Waals surface area contributed by atoms with E-state index in [1.807, 2.05) is 0 Å². The minimum atomic E-state index is -0.566. The van der Waals surface area contributed by atoms with Gasteiger partial charge in [-0.15, -0.1) is 5.06 Å². The number of allylic oxidation sites excluding steroid dienone is 4. The number of nitrogens with zero attached hydrogens (tertiary/aromatic N) is 4. The van der Waals surface area contributed by atoms with Gasteiger partial charge in [-0.05, 0) is 56.5 Å². The summed E-state index contributed by atoms with van der Waals surface area (Å²) in [6, 6.07) is 23.9. The molecule has 1 fully saturated rings. The van der Waals surface area contributed by atoms with E-state index >= 15 is 0 Å². The summed E-state index contributed by atoms with van der Waals surface area (Å²) in [6.07, 6.45) is 9.67. The molecule has 54 heavy (non-hydrogen) atoms. The number of amides is 4. The maximum absolute atomic E-state index is 13.1. The Hall–Kier alpha value is -5.64. The van der Waals surface area contributed by atoms with Crippen molar-refractivity contribution in [2.24, 2.45) is 0 Å². The van der Waals surface area contributed by atoms with Crippen molar-refractivity contribution in [2.45, 2.75) is 83.5 Å². The first kappa shape index (κ1) is 36.7. The number of carbonyl (C=O) groups is 5. The number of imide groups is 2. The van der Waals surface area contributed by atoms with Gasteiger partial charge in [-0.3, -0.25) is 24.1 Å². The van der Waals surface area contributed by atoms with Crippen molar-refractivity contribution >= 4 is 46.7 Å². The fourth-order valence-corrected chi connectivity index (χ4v) is 8.34. The molecule has 4 heterocycles. The van der Waals surface area contributed by atoms with E-state index in [-0.39, 0.29) is 41.9 Å². The summed E-state index contributed by atoms with van der Waals surface area (Å²) in [5.41, 5.74) is 7.54. The molecular formula is C44H47N4O6+. The lowest BCUT2D eigenvalue weighted by atomic mass is 9.81. The van der Waals surface area contributed by atoms with E-state index in [1.165, 1.54) is 27.4 Å². The highest BCUT2D eigenvalue weighted by atomic mass is 16.7. The molecule has 0 bridgehead atoms. The van der Waals surface area contributed by atoms with Crippen LogP contribution in [0.25, 0.3) is 0 Å². The summed E-state index contributed by atoms with van der Waals surface area (Å²) in [7, 11) is 0. The van der Waals surface area contributed by atoms with Gasteiger partial charge in [0.05, 0.1) is 16.5 Å². The molecule has 0 radical (unpaired) electrons. The van der Waals surface area contributed by atoms with Crippen LogP contribution in [0.2, 0.25) is 0 Å². The molecule has 278 valence electrons. The fourth-order valence-electron chi connectivity index (χ4n) is 8.34. The highest BCUT2D eigenvalue weighted by Gasteiger charge is 2.45. The van der Waals surface area contributed by atoms with Crippen LogP contribution >= 0.6 is 0 Å². The van der Waals surface area contributed by atoms with Crippen molar-refractivity contribution in [1.29, 1.82) is 0 Å². The van der Waals surface area contributed by atoms with Crippen molar-refractivity contribution in [3.63, 3.8) is 0 Å². The van der Waals surface area contributed by atoms with Gasteiger partial charge in [-0.25, -0.2) is 4.79 Å². The largest absolute Gasteiger partial charge is 0.344 e. The van der Waals surface area contributed by atoms with Gasteiger partial charge < -0.3 is 9.74 Å². The Bertz CT molecular complexity index is 2090. The fraction of sp³-hybridized carbons (Fsp3) is 0.364. The zero-order valence-electron chi connectivity index (χ0n) is 31.5. The number of unbranched alkanes of at least 4 members (excludes halogenated alkanes) is 2. The molecule has 7 rings (SSSR count). The number of rotatable bonds is 13. The van der Waals surface area contributed by atoms with Crippen LogP contribution in [0.5, 0.6) is 0 Å². The number of anilines is 1. The first-order valence-electron chi connectivity index (χ1n) is 18.9. The first-order valence-corrected chi connectivity index (χ1v) is 18.9. The van der Waals surface area contributed by atoms with Crippen molar-refractivity contribution in [3.05, 3.63) is 119 Å². The summed E-state index contributed by atoms with van der Waals surface area (Å²) in [4.78, 5) is 70.8. The minimum Gasteiger partial charge on any atom is -0.344 e. The Morgan fingerprint density at radius 3 is 2.04 bits per heavy atom. The van der Waals surface area contributed by atoms with Crippen LogP contribution in [0, 0.1) is 0 Å². The Kier molecular flexibility index (Phi) is 9.96. The van der Waals surface area contributed by atoms with Gasteiger partial charge in [0, 0.05) is 73.3 Å². The average molecular weight is 728 g/mol. The van der Waals surface area contributed by atoms with E-state index in [9.17, 15) is 24.0 Å². The number of hydroxylamine groups is 2. The standard InChI is InChI=1S/C44H47N4O6/c1-43(2)32-18-9-11-20-34(32)45(27-13-5-6-24-40(51)54-48-38(49)25-26-39(48)50)36(43)22-14-23-37-44(3,4)33-19-10-12-21-35(33)46(37)28-15-29-47-41(52)30-16-7-8-17-31(30)42(47)53/h7-12,14,16-23H,5-6,13,15,24-29H2,1-4H3/q+1. The Morgan fingerprint density at radius 2 is 1.33 bits per heavy atom. The molecule has 4 amide bonds. The molecule has 0 N–H and O–H groups in total. The third kappa shape index (κ3) is 6.58. The summed E-state index contributed by atoms with van der Waals surface area (Å²) in [5.74, 6) is -1.96. The zero-order valence-corrected chi connectivity index (χ0v) is 31.5. The second-order valence-electron chi connectivity index (χ2n) is 15.4. The van der Waals surface area contributed by atoms with Crippen molar-refractivity contribution in [2.75, 3.05) is 24.5 Å². The van der Waals surface area contributed by atoms with Crippen molar-refractivity contribution < 1.29 is 33.4 Å². The van der Waals surface area contributed by atoms with Crippen LogP contribution < -0.4 is 4.90 Å². The molecule has 0 aromatic heterocycles. The zero-order chi connectivity index (χ0) is 38.2. The topological polar surface area (TPSA) is 107 Å². The Balaban J connectivity index is 1.07. The van der Waals surface area contributed by atoms with Gasteiger partial charge in [0.25, 0.3) is 23.6 Å². The van der Waals surface area contributed by atoms with Gasteiger partial charge >= 0.3 is 5.97 Å². The van der Waals surface area contributed by atoms with E-state index in [1.54, 1.807) is 24.3 Å². The number of fused-ring (bicyclic) bond motifs is 3. The summed E-state index contributed by atoms with van der Waals surface area (Å²) < 4.78 is 2.33. The van der Waals surface area contributed by atoms with Gasteiger partial charge in [0.2, 0.25) is 5.69 Å². The molecule has 3 aromatic rings. The molecule has 4 aliphatic heterocycles. The lowest BCUT2D eigenvalue weighted by Gasteiger charge is -2.27. The van der Waals surface area contributed by atoms with Crippen LogP contribution in [-0.4, -0.2) is 69.5 Å². The van der Waals surface area contributed by atoms with E-state index in [2.05, 4.69) is 104 Å². The number of carbonyl (C=O) groups excluding carboxylic acids is 5. The predicted molar refractivity (Wildman–Crippen MR) is 205 cm³/mol. The summed E-state index contributed by atoms with van der Waals surface area (Å²) in [6.45, 7) is 10.7. The number of hydrogen-bond donors (Lipinski definition) is 0. The molecule has 0 unspecified atom stereocenters. The van der Waals surface area contributed by atoms with Gasteiger partial charge in [0.1, 0.15) is 0 Å². The molecule has 1 saturated heterocycles. The molecule has 0 saturated carbocycles. The predicted octanol–water partition coefficient (Wildman–Crippen LogP) is 7.15. The van der Waals surface area contributed by atoms with Crippen LogP contribution in [0.4, 0.5) is 11.4 Å². The van der Waals surface area contributed by atoms with E-state index in [4.69, 9.17) is 4.84 Å². The molecule has 0 spiro atoms. The molecular weight excluding hydrogens is 681 g/mol. The SMILES string of the molecule is CC1(C)C(/C=C/C=C2\N(CCCCCC(=O)ON3C(=O)CCC3=O)c3ccccc3C2(C)C)=[N+](CCCN2C(=O)c3ccccc3C2=O)c2ccccc21. The molecule has 0 aliphatic carbocycles. The lowest BCUT2D eigenvalue weighted by Crippen LogP contribution is -2.33. The lowest BCUT2D eigenvalue weighted by molar-refractivity contribution is -0.438.